The zero-order valence-electron chi connectivity index (χ0n) is 25.9. The highest BCUT2D eigenvalue weighted by atomic mass is 16.6. The van der Waals surface area contributed by atoms with Crippen LogP contribution in [0.4, 0.5) is 5.69 Å². The average Bonchev–Trinajstić information content (AvgIpc) is 3.03. The molecule has 6 unspecified atom stereocenters. The molecule has 2 aliphatic rings. The van der Waals surface area contributed by atoms with Gasteiger partial charge in [-0.3, -0.25) is 24.6 Å². The van der Waals surface area contributed by atoms with E-state index in [0.29, 0.717) is 25.2 Å². The monoisotopic (exact) mass is 614 g/mol. The van der Waals surface area contributed by atoms with Gasteiger partial charge in [-0.15, -0.1) is 0 Å². The van der Waals surface area contributed by atoms with Crippen molar-refractivity contribution in [1.82, 2.24) is 15.5 Å². The molecule has 6 atom stereocenters. The lowest BCUT2D eigenvalue weighted by molar-refractivity contribution is -0.385. The summed E-state index contributed by atoms with van der Waals surface area (Å²) >= 11 is 0. The number of carboxylic acids is 2. The summed E-state index contributed by atoms with van der Waals surface area (Å²) in [6.45, 7) is 7.62. The summed E-state index contributed by atoms with van der Waals surface area (Å²) in [6, 6.07) is 25.2. The Morgan fingerprint density at radius 2 is 1.58 bits per heavy atom. The number of nitrogens with one attached hydrogen (secondary N) is 2. The van der Waals surface area contributed by atoms with Crippen molar-refractivity contribution in [3.8, 4) is 0 Å². The third-order valence-electron chi connectivity index (χ3n) is 10.5. The Balaban J connectivity index is 1.59. The summed E-state index contributed by atoms with van der Waals surface area (Å²) in [6.07, 6.45) is 0.145. The minimum Gasteiger partial charge on any atom is -0.481 e. The molecular formula is C35H42N4O6. The zero-order valence-corrected chi connectivity index (χ0v) is 25.9. The van der Waals surface area contributed by atoms with Gasteiger partial charge in [-0.2, -0.15) is 0 Å². The Hall–Kier alpha value is -4.12. The van der Waals surface area contributed by atoms with Gasteiger partial charge in [-0.1, -0.05) is 72.8 Å². The second kappa shape index (κ2) is 13.1. The van der Waals surface area contributed by atoms with Crippen LogP contribution in [-0.2, 0) is 9.59 Å². The standard InChI is InChI=1S/C35H42N4O6/c1-23-34(3,32(40)41)31(27-15-10-16-28(21-27)39(44)45)35(33(42)43,24(2)37-23)17-19-38-20-18-36-22-29(38)30(25-11-6-4-7-12-25)26-13-8-5-9-14-26/h4-16,21,23-24,29-31,36-37H,17-20,22H2,1-3H3,(H,40,41)(H,42,43). The Morgan fingerprint density at radius 1 is 0.956 bits per heavy atom. The van der Waals surface area contributed by atoms with Gasteiger partial charge in [0.05, 0.1) is 15.8 Å². The first kappa shape index (κ1) is 32.3. The Bertz CT molecular complexity index is 1480. The molecule has 0 saturated carbocycles. The quantitative estimate of drug-likeness (QED) is 0.188. The van der Waals surface area contributed by atoms with Gasteiger partial charge < -0.3 is 20.8 Å². The number of benzene rings is 3. The molecule has 0 amide bonds. The third-order valence-corrected chi connectivity index (χ3v) is 10.5. The van der Waals surface area contributed by atoms with Gasteiger partial charge in [-0.25, -0.2) is 0 Å². The number of non-ortho nitro benzene ring substituents is 1. The van der Waals surface area contributed by atoms with E-state index in [0.717, 1.165) is 17.7 Å². The summed E-state index contributed by atoms with van der Waals surface area (Å²) < 4.78 is 0. The fraction of sp³-hybridized carbons (Fsp3) is 0.429. The van der Waals surface area contributed by atoms with Crippen molar-refractivity contribution < 1.29 is 24.7 Å². The highest BCUT2D eigenvalue weighted by molar-refractivity contribution is 5.84. The van der Waals surface area contributed by atoms with Gasteiger partial charge in [0, 0.05) is 61.7 Å². The molecule has 0 spiro atoms. The summed E-state index contributed by atoms with van der Waals surface area (Å²) in [5.41, 5.74) is -0.692. The van der Waals surface area contributed by atoms with Crippen molar-refractivity contribution in [3.05, 3.63) is 112 Å². The van der Waals surface area contributed by atoms with E-state index in [4.69, 9.17) is 0 Å². The lowest BCUT2D eigenvalue weighted by Crippen LogP contribution is -2.69. The molecule has 2 saturated heterocycles. The van der Waals surface area contributed by atoms with E-state index in [2.05, 4.69) is 39.8 Å². The molecule has 3 aromatic rings. The lowest BCUT2D eigenvalue weighted by Gasteiger charge is -2.56. The molecule has 0 aliphatic carbocycles. The van der Waals surface area contributed by atoms with Crippen molar-refractivity contribution in [2.75, 3.05) is 26.2 Å². The Morgan fingerprint density at radius 3 is 2.13 bits per heavy atom. The van der Waals surface area contributed by atoms with Gasteiger partial charge in [0.2, 0.25) is 0 Å². The van der Waals surface area contributed by atoms with E-state index in [1.54, 1.807) is 26.8 Å². The maximum absolute atomic E-state index is 13.6. The fourth-order valence-electron chi connectivity index (χ4n) is 7.94. The number of carboxylic acid groups (broad SMARTS) is 2. The number of rotatable bonds is 10. The van der Waals surface area contributed by atoms with E-state index >= 15 is 0 Å². The zero-order chi connectivity index (χ0) is 32.4. The molecule has 45 heavy (non-hydrogen) atoms. The van der Waals surface area contributed by atoms with Gasteiger partial charge in [0.1, 0.15) is 0 Å². The molecule has 10 heteroatoms. The van der Waals surface area contributed by atoms with Crippen LogP contribution in [0.2, 0.25) is 0 Å². The van der Waals surface area contributed by atoms with Crippen molar-refractivity contribution >= 4 is 17.6 Å². The summed E-state index contributed by atoms with van der Waals surface area (Å²) in [5.74, 6) is -3.30. The highest BCUT2D eigenvalue weighted by Crippen LogP contribution is 2.57. The molecule has 0 radical (unpaired) electrons. The van der Waals surface area contributed by atoms with Crippen LogP contribution in [0.5, 0.6) is 0 Å². The number of nitrogens with zero attached hydrogens (tertiary/aromatic N) is 2. The molecule has 2 fully saturated rings. The van der Waals surface area contributed by atoms with E-state index < -0.39 is 45.7 Å². The number of piperidine rings is 1. The molecular weight excluding hydrogens is 572 g/mol. The number of hydrogen-bond acceptors (Lipinski definition) is 7. The summed E-state index contributed by atoms with van der Waals surface area (Å²) in [7, 11) is 0. The second-order valence-corrected chi connectivity index (χ2v) is 12.7. The number of hydrogen-bond donors (Lipinski definition) is 4. The molecule has 10 nitrogen and oxygen atoms in total. The number of carbonyl (C=O) groups is 2. The average molecular weight is 615 g/mol. The van der Waals surface area contributed by atoms with Crippen LogP contribution >= 0.6 is 0 Å². The van der Waals surface area contributed by atoms with E-state index in [1.165, 1.54) is 18.2 Å². The van der Waals surface area contributed by atoms with Gasteiger partial charge >= 0.3 is 11.9 Å². The smallest absolute Gasteiger partial charge is 0.311 e. The van der Waals surface area contributed by atoms with Crippen LogP contribution in [0.25, 0.3) is 0 Å². The molecule has 0 bridgehead atoms. The molecule has 5 rings (SSSR count). The molecule has 2 heterocycles. The Labute approximate surface area is 263 Å². The predicted octanol–water partition coefficient (Wildman–Crippen LogP) is 4.72. The van der Waals surface area contributed by atoms with E-state index in [1.807, 2.05) is 36.4 Å². The Kier molecular flexibility index (Phi) is 9.38. The third kappa shape index (κ3) is 5.85. The number of nitro benzene ring substituents is 1. The number of aliphatic carboxylic acids is 2. The van der Waals surface area contributed by atoms with Crippen molar-refractivity contribution in [3.63, 3.8) is 0 Å². The van der Waals surface area contributed by atoms with Crippen LogP contribution in [0.3, 0.4) is 0 Å². The first-order valence-electron chi connectivity index (χ1n) is 15.5. The molecule has 238 valence electrons. The molecule has 2 aliphatic heterocycles. The topological polar surface area (TPSA) is 145 Å². The van der Waals surface area contributed by atoms with E-state index in [9.17, 15) is 29.9 Å². The van der Waals surface area contributed by atoms with Crippen molar-refractivity contribution in [1.29, 1.82) is 0 Å². The first-order chi connectivity index (χ1) is 21.5. The van der Waals surface area contributed by atoms with Crippen LogP contribution < -0.4 is 10.6 Å². The highest BCUT2D eigenvalue weighted by Gasteiger charge is 2.65. The summed E-state index contributed by atoms with van der Waals surface area (Å²) in [4.78, 5) is 40.3. The maximum Gasteiger partial charge on any atom is 0.311 e. The lowest BCUT2D eigenvalue weighted by atomic mass is 9.51. The molecule has 0 aromatic heterocycles. The fourth-order valence-corrected chi connectivity index (χ4v) is 7.94. The largest absolute Gasteiger partial charge is 0.481 e. The SMILES string of the molecule is CC1NC(C)C(CCN2CCNCC2C(c2ccccc2)c2ccccc2)(C(=O)O)C(c2cccc([N+](=O)[O-])c2)C1(C)C(=O)O. The van der Waals surface area contributed by atoms with Crippen molar-refractivity contribution in [2.45, 2.75) is 57.2 Å². The number of nitro groups is 1. The molecule has 3 aromatic carbocycles. The maximum atomic E-state index is 13.6. The number of piperazine rings is 1. The van der Waals surface area contributed by atoms with Crippen LogP contribution in [0.1, 0.15) is 55.7 Å². The second-order valence-electron chi connectivity index (χ2n) is 12.7. The predicted molar refractivity (Wildman–Crippen MR) is 171 cm³/mol. The van der Waals surface area contributed by atoms with Crippen molar-refractivity contribution in [2.24, 2.45) is 10.8 Å². The van der Waals surface area contributed by atoms with Gasteiger partial charge in [0.15, 0.2) is 0 Å². The van der Waals surface area contributed by atoms with Crippen LogP contribution in [0.15, 0.2) is 84.9 Å². The normalized spacial score (nSPS) is 28.9. The summed E-state index contributed by atoms with van der Waals surface area (Å²) in [5, 5.41) is 40.4. The van der Waals surface area contributed by atoms with Gasteiger partial charge in [0.25, 0.3) is 5.69 Å². The minimum atomic E-state index is -1.58. The molecule has 4 N–H and O–H groups in total. The first-order valence-corrected chi connectivity index (χ1v) is 15.5. The van der Waals surface area contributed by atoms with E-state index in [-0.39, 0.29) is 24.1 Å². The minimum absolute atomic E-state index is 0.00212. The van der Waals surface area contributed by atoms with Gasteiger partial charge in [-0.05, 0) is 50.4 Å². The van der Waals surface area contributed by atoms with Crippen LogP contribution in [-0.4, -0.2) is 76.3 Å². The van der Waals surface area contributed by atoms with Crippen LogP contribution in [0, 0.1) is 20.9 Å².